The third-order valence-electron chi connectivity index (χ3n) is 3.28. The lowest BCUT2D eigenvalue weighted by Gasteiger charge is -2.35. The second-order valence-electron chi connectivity index (χ2n) is 5.88. The first-order valence-electron chi connectivity index (χ1n) is 6.82. The van der Waals surface area contributed by atoms with Crippen LogP contribution < -0.4 is 0 Å². The molecule has 0 aliphatic heterocycles. The monoisotopic (exact) mass is 302 g/mol. The number of carbonyl (C=O) groups is 1. The van der Waals surface area contributed by atoms with Gasteiger partial charge in [-0.25, -0.2) is 4.98 Å². The number of carbonyl (C=O) groups excluding carboxylic acids is 1. The molecule has 0 saturated heterocycles. The van der Waals surface area contributed by atoms with Gasteiger partial charge in [0.2, 0.25) is 0 Å². The van der Waals surface area contributed by atoms with E-state index in [2.05, 4.69) is 11.6 Å². The Kier molecular flexibility index (Phi) is 4.33. The normalized spacial score (nSPS) is 11.4. The summed E-state index contributed by atoms with van der Waals surface area (Å²) in [5, 5.41) is 1.13. The number of halogens is 1. The van der Waals surface area contributed by atoms with E-state index in [9.17, 15) is 4.79 Å². The summed E-state index contributed by atoms with van der Waals surface area (Å²) < 4.78 is 0. The molecule has 0 spiro atoms. The average Bonchev–Trinajstić information content (AvgIpc) is 2.41. The highest BCUT2D eigenvalue weighted by atomic mass is 35.5. The Bertz CT molecular complexity index is 689. The van der Waals surface area contributed by atoms with Crippen molar-refractivity contribution in [3.05, 3.63) is 53.7 Å². The number of fused-ring (bicyclic) bond motifs is 1. The highest BCUT2D eigenvalue weighted by molar-refractivity contribution is 6.30. The minimum absolute atomic E-state index is 0.0668. The van der Waals surface area contributed by atoms with Crippen LogP contribution in [0.5, 0.6) is 0 Å². The number of amides is 1. The largest absolute Gasteiger partial charge is 0.330 e. The van der Waals surface area contributed by atoms with Crippen molar-refractivity contribution in [2.75, 3.05) is 6.54 Å². The molecule has 0 saturated carbocycles. The molecule has 0 radical (unpaired) electrons. The first kappa shape index (κ1) is 15.5. The Morgan fingerprint density at radius 2 is 2.05 bits per heavy atom. The first-order valence-corrected chi connectivity index (χ1v) is 7.20. The molecular weight excluding hydrogens is 284 g/mol. The third kappa shape index (κ3) is 3.24. The molecule has 0 aliphatic carbocycles. The van der Waals surface area contributed by atoms with Crippen LogP contribution >= 0.6 is 11.6 Å². The molecule has 0 atom stereocenters. The van der Waals surface area contributed by atoms with E-state index in [0.717, 1.165) is 10.9 Å². The van der Waals surface area contributed by atoms with Crippen LogP contribution in [0.3, 0.4) is 0 Å². The molecule has 0 N–H and O–H groups in total. The van der Waals surface area contributed by atoms with E-state index in [-0.39, 0.29) is 11.4 Å². The van der Waals surface area contributed by atoms with Crippen molar-refractivity contribution in [1.82, 2.24) is 9.88 Å². The zero-order valence-electron chi connectivity index (χ0n) is 12.6. The van der Waals surface area contributed by atoms with Crippen molar-refractivity contribution in [1.29, 1.82) is 0 Å². The highest BCUT2D eigenvalue weighted by Gasteiger charge is 2.27. The summed E-state index contributed by atoms with van der Waals surface area (Å²) in [6.07, 6.45) is 1.73. The Labute approximate surface area is 130 Å². The molecule has 0 aliphatic rings. The molecule has 1 heterocycles. The number of para-hydroxylation sites is 1. The zero-order chi connectivity index (χ0) is 15.6. The molecule has 21 heavy (non-hydrogen) atoms. The van der Waals surface area contributed by atoms with Crippen LogP contribution in [0.2, 0.25) is 5.15 Å². The van der Waals surface area contributed by atoms with E-state index >= 15 is 0 Å². The molecule has 1 aromatic heterocycles. The van der Waals surface area contributed by atoms with Gasteiger partial charge in [-0.2, -0.15) is 0 Å². The minimum Gasteiger partial charge on any atom is -0.330 e. The standard InChI is InChI=1S/C17H19ClN2O/c1-5-10-20(17(2,3)4)16(21)13-11-15(18)19-14-9-7-6-8-12(13)14/h5-9,11H,1,10H2,2-4H3. The molecule has 2 aromatic rings. The number of benzene rings is 1. The Morgan fingerprint density at radius 3 is 2.67 bits per heavy atom. The van der Waals surface area contributed by atoms with Crippen LogP contribution in [0.15, 0.2) is 43.0 Å². The minimum atomic E-state index is -0.303. The lowest BCUT2D eigenvalue weighted by molar-refractivity contribution is 0.0618. The van der Waals surface area contributed by atoms with Crippen molar-refractivity contribution in [3.8, 4) is 0 Å². The van der Waals surface area contributed by atoms with Gasteiger partial charge < -0.3 is 4.90 Å². The lowest BCUT2D eigenvalue weighted by atomic mass is 10.0. The zero-order valence-corrected chi connectivity index (χ0v) is 13.3. The van der Waals surface area contributed by atoms with Gasteiger partial charge in [0.25, 0.3) is 5.91 Å². The Balaban J connectivity index is 2.59. The van der Waals surface area contributed by atoms with E-state index in [1.165, 1.54) is 0 Å². The van der Waals surface area contributed by atoms with Crippen LogP contribution in [-0.2, 0) is 0 Å². The predicted octanol–water partition coefficient (Wildman–Crippen LogP) is 4.31. The van der Waals surface area contributed by atoms with Crippen molar-refractivity contribution >= 4 is 28.4 Å². The SMILES string of the molecule is C=CCN(C(=O)c1cc(Cl)nc2ccccc12)C(C)(C)C. The predicted molar refractivity (Wildman–Crippen MR) is 87.7 cm³/mol. The summed E-state index contributed by atoms with van der Waals surface area (Å²) >= 11 is 6.06. The number of hydrogen-bond acceptors (Lipinski definition) is 2. The summed E-state index contributed by atoms with van der Waals surface area (Å²) in [5.41, 5.74) is 0.991. The van der Waals surface area contributed by atoms with Gasteiger partial charge in [-0.1, -0.05) is 35.9 Å². The highest BCUT2D eigenvalue weighted by Crippen LogP contribution is 2.25. The maximum absolute atomic E-state index is 12.9. The van der Waals surface area contributed by atoms with Crippen LogP contribution in [-0.4, -0.2) is 27.9 Å². The summed E-state index contributed by atoms with van der Waals surface area (Å²) in [4.78, 5) is 19.0. The van der Waals surface area contributed by atoms with Gasteiger partial charge in [-0.3, -0.25) is 4.79 Å². The summed E-state index contributed by atoms with van der Waals surface area (Å²) in [6, 6.07) is 9.15. The lowest BCUT2D eigenvalue weighted by Crippen LogP contribution is -2.45. The van der Waals surface area contributed by atoms with E-state index in [0.29, 0.717) is 17.3 Å². The number of rotatable bonds is 3. The number of aromatic nitrogens is 1. The fraction of sp³-hybridized carbons (Fsp3) is 0.294. The van der Waals surface area contributed by atoms with Gasteiger partial charge >= 0.3 is 0 Å². The first-order chi connectivity index (χ1) is 9.84. The summed E-state index contributed by atoms with van der Waals surface area (Å²) in [5.74, 6) is -0.0668. The Morgan fingerprint density at radius 1 is 1.38 bits per heavy atom. The Hall–Kier alpha value is -1.87. The molecule has 2 rings (SSSR count). The fourth-order valence-electron chi connectivity index (χ4n) is 2.26. The molecule has 0 bridgehead atoms. The molecule has 4 heteroatoms. The van der Waals surface area contributed by atoms with Crippen LogP contribution in [0.1, 0.15) is 31.1 Å². The van der Waals surface area contributed by atoms with Crippen LogP contribution in [0, 0.1) is 0 Å². The van der Waals surface area contributed by atoms with Crippen molar-refractivity contribution in [2.45, 2.75) is 26.3 Å². The van der Waals surface area contributed by atoms with Crippen LogP contribution in [0.4, 0.5) is 0 Å². The van der Waals surface area contributed by atoms with Crippen molar-refractivity contribution in [3.63, 3.8) is 0 Å². The molecule has 1 amide bonds. The summed E-state index contributed by atoms with van der Waals surface area (Å²) in [6.45, 7) is 10.2. The van der Waals surface area contributed by atoms with Gasteiger partial charge in [-0.05, 0) is 32.9 Å². The number of nitrogens with zero attached hydrogens (tertiary/aromatic N) is 2. The quantitative estimate of drug-likeness (QED) is 0.625. The maximum Gasteiger partial charge on any atom is 0.255 e. The number of hydrogen-bond donors (Lipinski definition) is 0. The van der Waals surface area contributed by atoms with Gasteiger partial charge in [0.15, 0.2) is 0 Å². The van der Waals surface area contributed by atoms with Gasteiger partial charge in [0.05, 0.1) is 11.1 Å². The van der Waals surface area contributed by atoms with E-state index in [1.54, 1.807) is 17.0 Å². The molecule has 1 aromatic carbocycles. The second kappa shape index (κ2) is 5.86. The van der Waals surface area contributed by atoms with Gasteiger partial charge in [0, 0.05) is 17.5 Å². The average molecular weight is 303 g/mol. The van der Waals surface area contributed by atoms with E-state index in [4.69, 9.17) is 11.6 Å². The third-order valence-corrected chi connectivity index (χ3v) is 3.48. The fourth-order valence-corrected chi connectivity index (χ4v) is 2.46. The molecule has 3 nitrogen and oxygen atoms in total. The smallest absolute Gasteiger partial charge is 0.255 e. The summed E-state index contributed by atoms with van der Waals surface area (Å²) in [7, 11) is 0. The van der Waals surface area contributed by atoms with Crippen molar-refractivity contribution < 1.29 is 4.79 Å². The van der Waals surface area contributed by atoms with Gasteiger partial charge in [0.1, 0.15) is 5.15 Å². The molecule has 0 fully saturated rings. The molecular formula is C17H19ClN2O. The van der Waals surface area contributed by atoms with Crippen molar-refractivity contribution in [2.24, 2.45) is 0 Å². The maximum atomic E-state index is 12.9. The van der Waals surface area contributed by atoms with E-state index < -0.39 is 0 Å². The topological polar surface area (TPSA) is 33.2 Å². The van der Waals surface area contributed by atoms with Crippen LogP contribution in [0.25, 0.3) is 10.9 Å². The second-order valence-corrected chi connectivity index (χ2v) is 6.27. The molecule has 0 unspecified atom stereocenters. The molecule has 110 valence electrons. The van der Waals surface area contributed by atoms with E-state index in [1.807, 2.05) is 45.0 Å². The van der Waals surface area contributed by atoms with Gasteiger partial charge in [-0.15, -0.1) is 6.58 Å². The number of pyridine rings is 1.